The predicted molar refractivity (Wildman–Crippen MR) is 103 cm³/mol. The number of nitrogens with two attached hydrogens (primary N) is 1. The van der Waals surface area contributed by atoms with Crippen molar-refractivity contribution in [3.63, 3.8) is 0 Å². The van der Waals surface area contributed by atoms with Crippen LogP contribution in [0.25, 0.3) is 11.4 Å². The van der Waals surface area contributed by atoms with Gasteiger partial charge in [0.25, 0.3) is 5.56 Å². The molecule has 2 N–H and O–H groups in total. The maximum Gasteiger partial charge on any atom is 0.435 e. The molecule has 0 radical (unpaired) electrons. The molecule has 0 saturated heterocycles. The van der Waals surface area contributed by atoms with E-state index in [9.17, 15) is 44.3 Å². The zero-order valence-electron chi connectivity index (χ0n) is 16.8. The Hall–Kier alpha value is -3.51. The standard InChI is InChI=1S/C21H14F9N3O/c22-19(23,24)12-6-7-14(20(25,26)27)13(10-12)17-32-16(21(28,29)30)15(31)18(34)33(17)9-8-11-4-2-1-3-5-11/h1-7,10H,8-9,31H2. The lowest BCUT2D eigenvalue weighted by atomic mass is 10.0. The third-order valence-electron chi connectivity index (χ3n) is 4.83. The first-order chi connectivity index (χ1) is 15.6. The summed E-state index contributed by atoms with van der Waals surface area (Å²) in [5.74, 6) is -1.24. The van der Waals surface area contributed by atoms with Gasteiger partial charge in [0.15, 0.2) is 5.69 Å². The zero-order chi connectivity index (χ0) is 25.5. The van der Waals surface area contributed by atoms with Gasteiger partial charge in [-0.3, -0.25) is 9.36 Å². The molecule has 0 aliphatic rings. The van der Waals surface area contributed by atoms with E-state index in [4.69, 9.17) is 5.73 Å². The number of halogens is 9. The van der Waals surface area contributed by atoms with Crippen molar-refractivity contribution in [1.82, 2.24) is 9.55 Å². The molecule has 182 valence electrons. The zero-order valence-corrected chi connectivity index (χ0v) is 16.8. The third kappa shape index (κ3) is 5.18. The van der Waals surface area contributed by atoms with E-state index in [0.29, 0.717) is 10.1 Å². The molecule has 3 rings (SSSR count). The molecule has 1 heterocycles. The molecule has 2 aromatic carbocycles. The number of alkyl halides is 9. The fourth-order valence-corrected chi connectivity index (χ4v) is 3.24. The van der Waals surface area contributed by atoms with Gasteiger partial charge in [0.05, 0.1) is 11.1 Å². The minimum atomic E-state index is -5.35. The lowest BCUT2D eigenvalue weighted by Crippen LogP contribution is -2.31. The molecule has 13 heteroatoms. The molecule has 0 atom stereocenters. The molecular weight excluding hydrogens is 481 g/mol. The van der Waals surface area contributed by atoms with Gasteiger partial charge in [-0.25, -0.2) is 4.98 Å². The molecule has 34 heavy (non-hydrogen) atoms. The van der Waals surface area contributed by atoms with Crippen molar-refractivity contribution >= 4 is 5.69 Å². The summed E-state index contributed by atoms with van der Waals surface area (Å²) in [6.45, 7) is -0.499. The van der Waals surface area contributed by atoms with Gasteiger partial charge in [0.2, 0.25) is 0 Å². The number of rotatable bonds is 4. The van der Waals surface area contributed by atoms with Crippen LogP contribution < -0.4 is 11.3 Å². The first-order valence-electron chi connectivity index (χ1n) is 9.41. The number of nitrogens with zero attached hydrogens (tertiary/aromatic N) is 2. The van der Waals surface area contributed by atoms with E-state index in [1.807, 2.05) is 0 Å². The highest BCUT2D eigenvalue weighted by atomic mass is 19.4. The van der Waals surface area contributed by atoms with Gasteiger partial charge < -0.3 is 5.73 Å². The summed E-state index contributed by atoms with van der Waals surface area (Å²) >= 11 is 0. The Labute approximate surface area is 185 Å². The third-order valence-corrected chi connectivity index (χ3v) is 4.83. The lowest BCUT2D eigenvalue weighted by molar-refractivity contribution is -0.141. The van der Waals surface area contributed by atoms with Gasteiger partial charge in [-0.05, 0) is 30.2 Å². The van der Waals surface area contributed by atoms with Gasteiger partial charge in [0.1, 0.15) is 11.5 Å². The maximum atomic E-state index is 13.6. The number of aryl methyl sites for hydroxylation is 1. The average Bonchev–Trinajstić information content (AvgIpc) is 2.73. The summed E-state index contributed by atoms with van der Waals surface area (Å²) in [5.41, 5.74) is -3.66. The van der Waals surface area contributed by atoms with E-state index in [-0.39, 0.29) is 24.6 Å². The molecule has 1 aromatic heterocycles. The Bertz CT molecular complexity index is 1240. The fourth-order valence-electron chi connectivity index (χ4n) is 3.24. The summed E-state index contributed by atoms with van der Waals surface area (Å²) in [5, 5.41) is 0. The van der Waals surface area contributed by atoms with E-state index in [1.54, 1.807) is 30.3 Å². The summed E-state index contributed by atoms with van der Waals surface area (Å²) in [7, 11) is 0. The number of benzene rings is 2. The molecule has 0 amide bonds. The van der Waals surface area contributed by atoms with Crippen LogP contribution in [0.2, 0.25) is 0 Å². The molecule has 0 unspecified atom stereocenters. The largest absolute Gasteiger partial charge is 0.435 e. The first kappa shape index (κ1) is 25.1. The number of nitrogen functional groups attached to an aromatic ring is 1. The van der Waals surface area contributed by atoms with Crippen molar-refractivity contribution in [3.8, 4) is 11.4 Å². The van der Waals surface area contributed by atoms with Crippen LogP contribution in [0.15, 0.2) is 53.3 Å². The van der Waals surface area contributed by atoms with Gasteiger partial charge in [0, 0.05) is 12.1 Å². The van der Waals surface area contributed by atoms with Gasteiger partial charge in [-0.2, -0.15) is 39.5 Å². The van der Waals surface area contributed by atoms with E-state index < -0.39 is 64.5 Å². The highest BCUT2D eigenvalue weighted by Gasteiger charge is 2.41. The molecule has 0 aliphatic carbocycles. The minimum absolute atomic E-state index is 0.0138. The van der Waals surface area contributed by atoms with Crippen LogP contribution >= 0.6 is 0 Å². The second kappa shape index (κ2) is 8.69. The number of hydrogen-bond acceptors (Lipinski definition) is 3. The Balaban J connectivity index is 2.35. The van der Waals surface area contributed by atoms with Crippen LogP contribution in [0.1, 0.15) is 22.4 Å². The van der Waals surface area contributed by atoms with Crippen molar-refractivity contribution in [2.24, 2.45) is 0 Å². The maximum absolute atomic E-state index is 13.6. The van der Waals surface area contributed by atoms with Crippen LogP contribution in [0.3, 0.4) is 0 Å². The molecule has 3 aromatic rings. The van der Waals surface area contributed by atoms with Crippen molar-refractivity contribution in [2.45, 2.75) is 31.5 Å². The van der Waals surface area contributed by atoms with Crippen LogP contribution in [0, 0.1) is 0 Å². The minimum Gasteiger partial charge on any atom is -0.392 e. The van der Waals surface area contributed by atoms with Crippen LogP contribution in [0.4, 0.5) is 45.2 Å². The van der Waals surface area contributed by atoms with E-state index in [2.05, 4.69) is 4.98 Å². The normalized spacial score (nSPS) is 12.7. The Morgan fingerprint density at radius 2 is 1.44 bits per heavy atom. The highest BCUT2D eigenvalue weighted by Crippen LogP contribution is 2.41. The lowest BCUT2D eigenvalue weighted by Gasteiger charge is -2.20. The van der Waals surface area contributed by atoms with Crippen LogP contribution in [0.5, 0.6) is 0 Å². The topological polar surface area (TPSA) is 60.9 Å². The van der Waals surface area contributed by atoms with Gasteiger partial charge >= 0.3 is 18.5 Å². The van der Waals surface area contributed by atoms with Crippen molar-refractivity contribution < 1.29 is 39.5 Å². The molecule has 4 nitrogen and oxygen atoms in total. The average molecular weight is 495 g/mol. The van der Waals surface area contributed by atoms with E-state index >= 15 is 0 Å². The van der Waals surface area contributed by atoms with Gasteiger partial charge in [-0.1, -0.05) is 30.3 Å². The summed E-state index contributed by atoms with van der Waals surface area (Å²) < 4.78 is 121. The van der Waals surface area contributed by atoms with Crippen LogP contribution in [-0.4, -0.2) is 9.55 Å². The quantitative estimate of drug-likeness (QED) is 0.466. The second-order valence-electron chi connectivity index (χ2n) is 7.14. The van der Waals surface area contributed by atoms with Crippen molar-refractivity contribution in [2.75, 3.05) is 5.73 Å². The Kier molecular flexibility index (Phi) is 6.42. The monoisotopic (exact) mass is 495 g/mol. The number of aromatic nitrogens is 2. The Morgan fingerprint density at radius 3 is 1.97 bits per heavy atom. The molecule has 0 fully saturated rings. The summed E-state index contributed by atoms with van der Waals surface area (Å²) in [6, 6.07) is 8.25. The van der Waals surface area contributed by atoms with E-state index in [1.165, 1.54) is 0 Å². The molecular formula is C21H14F9N3O. The highest BCUT2D eigenvalue weighted by molar-refractivity contribution is 5.65. The summed E-state index contributed by atoms with van der Waals surface area (Å²) in [4.78, 5) is 15.8. The van der Waals surface area contributed by atoms with Crippen LogP contribution in [-0.2, 0) is 31.5 Å². The molecule has 0 spiro atoms. The second-order valence-corrected chi connectivity index (χ2v) is 7.14. The van der Waals surface area contributed by atoms with Gasteiger partial charge in [-0.15, -0.1) is 0 Å². The SMILES string of the molecule is Nc1c(C(F)(F)F)nc(-c2cc(C(F)(F)F)ccc2C(F)(F)F)n(CCc2ccccc2)c1=O. The Morgan fingerprint density at radius 1 is 0.824 bits per heavy atom. The molecule has 0 saturated carbocycles. The van der Waals surface area contributed by atoms with Crippen molar-refractivity contribution in [3.05, 3.63) is 81.3 Å². The smallest absolute Gasteiger partial charge is 0.392 e. The number of anilines is 1. The predicted octanol–water partition coefficient (Wildman–Crippen LogP) is 5.79. The fraction of sp³-hybridized carbons (Fsp3) is 0.238. The van der Waals surface area contributed by atoms with E-state index in [0.717, 1.165) is 0 Å². The first-order valence-corrected chi connectivity index (χ1v) is 9.41. The van der Waals surface area contributed by atoms with Crippen molar-refractivity contribution in [1.29, 1.82) is 0 Å². The molecule has 0 bridgehead atoms. The number of hydrogen-bond donors (Lipinski definition) is 1. The molecule has 0 aliphatic heterocycles. The summed E-state index contributed by atoms with van der Waals surface area (Å²) in [6.07, 6.45) is -15.8.